The molecule has 1 fully saturated rings. The smallest absolute Gasteiger partial charge is 0.223 e. The van der Waals surface area contributed by atoms with E-state index in [0.29, 0.717) is 5.92 Å². The molecule has 0 aliphatic heterocycles. The van der Waals surface area contributed by atoms with E-state index in [1.54, 1.807) is 11.8 Å². The first-order valence-electron chi connectivity index (χ1n) is 7.43. The second-order valence-corrected chi connectivity index (χ2v) is 6.79. The summed E-state index contributed by atoms with van der Waals surface area (Å²) in [6.45, 7) is 2.13. The van der Waals surface area contributed by atoms with E-state index in [9.17, 15) is 4.79 Å². The number of nitrogens with zero attached hydrogens (tertiary/aromatic N) is 1. The summed E-state index contributed by atoms with van der Waals surface area (Å²) >= 11 is 1.79. The lowest BCUT2D eigenvalue weighted by molar-refractivity contribution is -0.123. The van der Waals surface area contributed by atoms with Crippen molar-refractivity contribution in [3.63, 3.8) is 0 Å². The Morgan fingerprint density at radius 1 is 1.52 bits per heavy atom. The maximum absolute atomic E-state index is 12.2. The van der Waals surface area contributed by atoms with Gasteiger partial charge in [-0.05, 0) is 42.9 Å². The number of hydrogen-bond acceptors (Lipinski definition) is 3. The van der Waals surface area contributed by atoms with Crippen molar-refractivity contribution < 1.29 is 4.79 Å². The molecule has 0 unspecified atom stereocenters. The first-order chi connectivity index (χ1) is 10.2. The largest absolute Gasteiger partial charge is 0.346 e. The summed E-state index contributed by atoms with van der Waals surface area (Å²) in [5.41, 5.74) is 1.98. The van der Waals surface area contributed by atoms with Gasteiger partial charge in [0.05, 0.1) is 17.1 Å². The van der Waals surface area contributed by atoms with Crippen LogP contribution in [-0.2, 0) is 4.79 Å². The zero-order valence-electron chi connectivity index (χ0n) is 12.4. The van der Waals surface area contributed by atoms with Crippen LogP contribution in [0.3, 0.4) is 0 Å². The van der Waals surface area contributed by atoms with Crippen LogP contribution in [0.1, 0.15) is 31.6 Å². The molecule has 3 atom stereocenters. The van der Waals surface area contributed by atoms with Crippen LogP contribution >= 0.6 is 11.8 Å². The molecule has 4 nitrogen and oxygen atoms in total. The Kier molecular flexibility index (Phi) is 4.19. The molecule has 2 N–H and O–H groups in total. The third-order valence-corrected chi connectivity index (χ3v) is 4.76. The van der Waals surface area contributed by atoms with Crippen molar-refractivity contribution in [1.82, 2.24) is 15.3 Å². The fourth-order valence-electron chi connectivity index (χ4n) is 2.62. The van der Waals surface area contributed by atoms with Crippen molar-refractivity contribution in [3.05, 3.63) is 30.1 Å². The summed E-state index contributed by atoms with van der Waals surface area (Å²) < 4.78 is 0. The summed E-state index contributed by atoms with van der Waals surface area (Å²) in [5, 5.41) is 3.18. The number of hydrogen-bond donors (Lipinski definition) is 2. The second kappa shape index (κ2) is 6.10. The number of aromatic amines is 1. The van der Waals surface area contributed by atoms with Crippen LogP contribution < -0.4 is 5.32 Å². The lowest BCUT2D eigenvalue weighted by atomic mass is 10.2. The molecule has 21 heavy (non-hydrogen) atoms. The van der Waals surface area contributed by atoms with Gasteiger partial charge in [0, 0.05) is 5.92 Å². The van der Waals surface area contributed by atoms with Gasteiger partial charge in [-0.1, -0.05) is 19.1 Å². The molecule has 2 aromatic rings. The maximum atomic E-state index is 12.2. The molecule has 0 bridgehead atoms. The summed E-state index contributed by atoms with van der Waals surface area (Å²) in [6, 6.07) is 7.96. The molecule has 1 aromatic heterocycles. The van der Waals surface area contributed by atoms with Crippen molar-refractivity contribution in [2.24, 2.45) is 11.8 Å². The number of nitrogens with one attached hydrogen (secondary N) is 2. The van der Waals surface area contributed by atoms with Gasteiger partial charge in [0.15, 0.2) is 0 Å². The number of carbonyl (C=O) groups excluding carboxylic acids is 1. The molecule has 1 aromatic carbocycles. The number of rotatable bonds is 6. The number of fused-ring (bicyclic) bond motifs is 1. The molecule has 1 aliphatic rings. The summed E-state index contributed by atoms with van der Waals surface area (Å²) in [5.74, 6) is 2.77. The number of H-pyrrole nitrogens is 1. The number of imidazole rings is 1. The first kappa shape index (κ1) is 14.4. The zero-order valence-corrected chi connectivity index (χ0v) is 13.2. The van der Waals surface area contributed by atoms with Gasteiger partial charge < -0.3 is 10.3 Å². The molecule has 5 heteroatoms. The van der Waals surface area contributed by atoms with E-state index in [4.69, 9.17) is 0 Å². The molecule has 112 valence electrons. The summed E-state index contributed by atoms with van der Waals surface area (Å²) in [6.07, 6.45) is 4.00. The standard InChI is InChI=1S/C16H21N3OS/c1-10-9-11(10)16(20)19-14(7-8-21-2)15-17-12-5-3-4-6-13(12)18-15/h3-6,10-11,14H,7-9H2,1-2H3,(H,17,18)(H,19,20)/t10-,11-,14-/m0/s1. The van der Waals surface area contributed by atoms with Gasteiger partial charge in [-0.25, -0.2) is 4.98 Å². The summed E-state index contributed by atoms with van der Waals surface area (Å²) in [4.78, 5) is 20.2. The van der Waals surface area contributed by atoms with E-state index in [-0.39, 0.29) is 17.9 Å². The molecule has 0 saturated heterocycles. The highest BCUT2D eigenvalue weighted by Crippen LogP contribution is 2.38. The van der Waals surface area contributed by atoms with Crippen molar-refractivity contribution >= 4 is 28.7 Å². The lowest BCUT2D eigenvalue weighted by Crippen LogP contribution is -2.31. The van der Waals surface area contributed by atoms with E-state index < -0.39 is 0 Å². The quantitative estimate of drug-likeness (QED) is 0.862. The van der Waals surface area contributed by atoms with Crippen LogP contribution in [0.5, 0.6) is 0 Å². The minimum absolute atomic E-state index is 0.0230. The average molecular weight is 303 g/mol. The normalized spacial score (nSPS) is 22.2. The van der Waals surface area contributed by atoms with Crippen molar-refractivity contribution in [3.8, 4) is 0 Å². The summed E-state index contributed by atoms with van der Waals surface area (Å²) in [7, 11) is 0. The van der Waals surface area contributed by atoms with Gasteiger partial charge in [-0.2, -0.15) is 11.8 Å². The molecule has 3 rings (SSSR count). The van der Waals surface area contributed by atoms with E-state index in [2.05, 4.69) is 28.5 Å². The zero-order chi connectivity index (χ0) is 14.8. The van der Waals surface area contributed by atoms with Gasteiger partial charge in [0.25, 0.3) is 0 Å². The number of benzene rings is 1. The van der Waals surface area contributed by atoms with Crippen molar-refractivity contribution in [2.45, 2.75) is 25.8 Å². The Labute approximate surface area is 129 Å². The highest BCUT2D eigenvalue weighted by Gasteiger charge is 2.40. The number of para-hydroxylation sites is 2. The molecular weight excluding hydrogens is 282 g/mol. The van der Waals surface area contributed by atoms with Crippen LogP contribution in [0.15, 0.2) is 24.3 Å². The third-order valence-electron chi connectivity index (χ3n) is 4.11. The van der Waals surface area contributed by atoms with Gasteiger partial charge in [0.2, 0.25) is 5.91 Å². The van der Waals surface area contributed by atoms with Crippen LogP contribution in [-0.4, -0.2) is 27.9 Å². The fourth-order valence-corrected chi connectivity index (χ4v) is 3.09. The average Bonchev–Trinajstić information content (AvgIpc) is 3.06. The molecule has 1 aliphatic carbocycles. The van der Waals surface area contributed by atoms with E-state index >= 15 is 0 Å². The molecule has 1 amide bonds. The van der Waals surface area contributed by atoms with E-state index in [0.717, 1.165) is 35.5 Å². The Bertz CT molecular complexity index is 606. The molecule has 1 saturated carbocycles. The van der Waals surface area contributed by atoms with Crippen LogP contribution in [0.2, 0.25) is 0 Å². The van der Waals surface area contributed by atoms with Gasteiger partial charge in [-0.15, -0.1) is 0 Å². The van der Waals surface area contributed by atoms with Crippen LogP contribution in [0.25, 0.3) is 11.0 Å². The van der Waals surface area contributed by atoms with Crippen LogP contribution in [0, 0.1) is 11.8 Å². The Morgan fingerprint density at radius 3 is 2.95 bits per heavy atom. The predicted octanol–water partition coefficient (Wildman–Crippen LogP) is 3.13. The van der Waals surface area contributed by atoms with E-state index in [1.807, 2.05) is 24.3 Å². The topological polar surface area (TPSA) is 57.8 Å². The highest BCUT2D eigenvalue weighted by atomic mass is 32.2. The Balaban J connectivity index is 1.78. The predicted molar refractivity (Wildman–Crippen MR) is 87.2 cm³/mol. The van der Waals surface area contributed by atoms with Gasteiger partial charge >= 0.3 is 0 Å². The highest BCUT2D eigenvalue weighted by molar-refractivity contribution is 7.98. The molecule has 0 spiro atoms. The number of carbonyl (C=O) groups is 1. The Hall–Kier alpha value is -1.49. The number of thioether (sulfide) groups is 1. The maximum Gasteiger partial charge on any atom is 0.223 e. The number of amides is 1. The molecule has 0 radical (unpaired) electrons. The monoisotopic (exact) mass is 303 g/mol. The van der Waals surface area contributed by atoms with Crippen molar-refractivity contribution in [2.75, 3.05) is 12.0 Å². The SMILES string of the molecule is CSCC[C@H](NC(=O)[C@H]1C[C@@H]1C)c1nc2ccccc2[nH]1. The fraction of sp³-hybridized carbons (Fsp3) is 0.500. The van der Waals surface area contributed by atoms with Crippen LogP contribution in [0.4, 0.5) is 0 Å². The first-order valence-corrected chi connectivity index (χ1v) is 8.82. The van der Waals surface area contributed by atoms with Crippen molar-refractivity contribution in [1.29, 1.82) is 0 Å². The molecule has 1 heterocycles. The Morgan fingerprint density at radius 2 is 2.29 bits per heavy atom. The van der Waals surface area contributed by atoms with Gasteiger partial charge in [-0.3, -0.25) is 4.79 Å². The van der Waals surface area contributed by atoms with E-state index in [1.165, 1.54) is 0 Å². The minimum atomic E-state index is -0.0230. The molecular formula is C16H21N3OS. The van der Waals surface area contributed by atoms with Gasteiger partial charge in [0.1, 0.15) is 5.82 Å². The minimum Gasteiger partial charge on any atom is -0.346 e. The number of aromatic nitrogens is 2. The third kappa shape index (κ3) is 3.23. The lowest BCUT2D eigenvalue weighted by Gasteiger charge is -2.16. The second-order valence-electron chi connectivity index (χ2n) is 5.80.